The van der Waals surface area contributed by atoms with Crippen LogP contribution in [0.25, 0.3) is 93.9 Å². The first-order valence-corrected chi connectivity index (χ1v) is 22.7. The molecule has 0 aliphatic carbocycles. The Morgan fingerprint density at radius 1 is 0.242 bits per heavy atom. The van der Waals surface area contributed by atoms with E-state index in [0.717, 1.165) is 28.3 Å². The second-order valence-electron chi connectivity index (χ2n) is 16.8. The Morgan fingerprint density at radius 3 is 1.32 bits per heavy atom. The molecule has 2 heteroatoms. The zero-order valence-corrected chi connectivity index (χ0v) is 36.3. The van der Waals surface area contributed by atoms with Crippen molar-refractivity contribution in [1.29, 1.82) is 0 Å². The summed E-state index contributed by atoms with van der Waals surface area (Å²) in [6, 6.07) is 96.9. The smallest absolute Gasteiger partial charge is 0.0541 e. The third-order valence-corrected chi connectivity index (χ3v) is 13.1. The molecule has 0 saturated carbocycles. The van der Waals surface area contributed by atoms with Crippen molar-refractivity contribution in [3.8, 4) is 61.3 Å². The Bertz CT molecular complexity index is 3620. The number of fused-ring (bicyclic) bond motifs is 4. The number of para-hydroxylation sites is 3. The van der Waals surface area contributed by atoms with Gasteiger partial charge >= 0.3 is 0 Å². The van der Waals surface area contributed by atoms with E-state index in [-0.39, 0.29) is 0 Å². The summed E-state index contributed by atoms with van der Waals surface area (Å²) in [7, 11) is 0. The first-order chi connectivity index (χ1) is 32.8. The molecule has 2 nitrogen and oxygen atoms in total. The molecule has 0 aliphatic rings. The molecule has 1 heterocycles. The van der Waals surface area contributed by atoms with E-state index in [1.807, 2.05) is 0 Å². The number of aromatic nitrogens is 1. The normalized spacial score (nSPS) is 11.3. The van der Waals surface area contributed by atoms with Crippen LogP contribution in [0.5, 0.6) is 0 Å². The van der Waals surface area contributed by atoms with Crippen molar-refractivity contribution in [3.05, 3.63) is 267 Å². The maximum absolute atomic E-state index is 2.42. The molecular formula is C64H44N2. The lowest BCUT2D eigenvalue weighted by Gasteiger charge is -2.29. The molecule has 0 aliphatic heterocycles. The molecule has 0 radical (unpaired) electrons. The van der Waals surface area contributed by atoms with Gasteiger partial charge in [-0.05, 0) is 115 Å². The maximum atomic E-state index is 2.42. The molecular weight excluding hydrogens is 797 g/mol. The molecule has 12 rings (SSSR count). The largest absolute Gasteiger partial charge is 0.310 e. The van der Waals surface area contributed by atoms with Gasteiger partial charge in [-0.3, -0.25) is 0 Å². The summed E-state index contributed by atoms with van der Waals surface area (Å²) in [5.41, 5.74) is 18.7. The molecule has 0 N–H and O–H groups in total. The first-order valence-electron chi connectivity index (χ1n) is 22.7. The molecule has 0 amide bonds. The van der Waals surface area contributed by atoms with Crippen molar-refractivity contribution >= 4 is 49.6 Å². The Morgan fingerprint density at radius 2 is 0.652 bits per heavy atom. The minimum absolute atomic E-state index is 1.07. The predicted octanol–water partition coefficient (Wildman–Crippen LogP) is 17.7. The number of nitrogens with zero attached hydrogens (tertiary/aromatic N) is 2. The fourth-order valence-corrected chi connectivity index (χ4v) is 9.94. The topological polar surface area (TPSA) is 8.17 Å². The van der Waals surface area contributed by atoms with Crippen LogP contribution in [0.3, 0.4) is 0 Å². The summed E-state index contributed by atoms with van der Waals surface area (Å²) in [6.07, 6.45) is 0. The van der Waals surface area contributed by atoms with E-state index in [0.29, 0.717) is 0 Å². The predicted molar refractivity (Wildman–Crippen MR) is 280 cm³/mol. The molecule has 0 bridgehead atoms. The number of benzene rings is 11. The molecule has 1 aromatic heterocycles. The van der Waals surface area contributed by atoms with Gasteiger partial charge in [0.25, 0.3) is 0 Å². The summed E-state index contributed by atoms with van der Waals surface area (Å²) in [5.74, 6) is 0. The molecule has 0 unspecified atom stereocenters. The Balaban J connectivity index is 0.997. The lowest BCUT2D eigenvalue weighted by Crippen LogP contribution is -2.11. The van der Waals surface area contributed by atoms with Gasteiger partial charge in [-0.15, -0.1) is 0 Å². The fraction of sp³-hybridized carbons (Fsp3) is 0. The van der Waals surface area contributed by atoms with Crippen LogP contribution in [0.4, 0.5) is 17.1 Å². The number of rotatable bonds is 9. The van der Waals surface area contributed by atoms with Crippen molar-refractivity contribution in [1.82, 2.24) is 4.57 Å². The Kier molecular flexibility index (Phi) is 9.89. The molecule has 11 aromatic carbocycles. The van der Waals surface area contributed by atoms with Gasteiger partial charge in [0.2, 0.25) is 0 Å². The van der Waals surface area contributed by atoms with Crippen molar-refractivity contribution in [2.75, 3.05) is 4.90 Å². The van der Waals surface area contributed by atoms with Gasteiger partial charge < -0.3 is 9.47 Å². The first kappa shape index (κ1) is 38.9. The molecule has 0 fully saturated rings. The third kappa shape index (κ3) is 6.93. The van der Waals surface area contributed by atoms with Crippen molar-refractivity contribution in [2.24, 2.45) is 0 Å². The number of hydrogen-bond donors (Lipinski definition) is 0. The highest BCUT2D eigenvalue weighted by Crippen LogP contribution is 2.46. The van der Waals surface area contributed by atoms with E-state index in [4.69, 9.17) is 0 Å². The average molecular weight is 841 g/mol. The van der Waals surface area contributed by atoms with E-state index >= 15 is 0 Å². The van der Waals surface area contributed by atoms with Gasteiger partial charge in [-0.1, -0.05) is 212 Å². The second kappa shape index (κ2) is 16.8. The van der Waals surface area contributed by atoms with Crippen LogP contribution in [0.2, 0.25) is 0 Å². The maximum Gasteiger partial charge on any atom is 0.0541 e. The number of anilines is 3. The zero-order valence-electron chi connectivity index (χ0n) is 36.3. The van der Waals surface area contributed by atoms with E-state index in [1.54, 1.807) is 0 Å². The van der Waals surface area contributed by atoms with E-state index in [1.165, 1.54) is 82.6 Å². The highest BCUT2D eigenvalue weighted by Gasteiger charge is 2.21. The van der Waals surface area contributed by atoms with E-state index in [2.05, 4.69) is 276 Å². The quantitative estimate of drug-likeness (QED) is 0.141. The summed E-state index contributed by atoms with van der Waals surface area (Å²) >= 11 is 0. The van der Waals surface area contributed by atoms with Crippen LogP contribution in [-0.4, -0.2) is 4.57 Å². The highest BCUT2D eigenvalue weighted by molar-refractivity contribution is 6.09. The monoisotopic (exact) mass is 840 g/mol. The summed E-state index contributed by atoms with van der Waals surface area (Å²) in [6.45, 7) is 0. The van der Waals surface area contributed by atoms with Gasteiger partial charge in [0, 0.05) is 33.4 Å². The van der Waals surface area contributed by atoms with Crippen LogP contribution in [0, 0.1) is 0 Å². The minimum atomic E-state index is 1.07. The summed E-state index contributed by atoms with van der Waals surface area (Å²) in [5, 5.41) is 4.99. The van der Waals surface area contributed by atoms with Gasteiger partial charge in [-0.25, -0.2) is 0 Å². The molecule has 0 atom stereocenters. The van der Waals surface area contributed by atoms with E-state index < -0.39 is 0 Å². The fourth-order valence-electron chi connectivity index (χ4n) is 9.94. The molecule has 310 valence electrons. The van der Waals surface area contributed by atoms with Crippen molar-refractivity contribution < 1.29 is 0 Å². The van der Waals surface area contributed by atoms with Crippen LogP contribution < -0.4 is 4.90 Å². The average Bonchev–Trinajstić information content (AvgIpc) is 3.74. The van der Waals surface area contributed by atoms with Crippen LogP contribution in [-0.2, 0) is 0 Å². The van der Waals surface area contributed by atoms with Gasteiger partial charge in [0.05, 0.1) is 16.7 Å². The molecule has 66 heavy (non-hydrogen) atoms. The standard InChI is InChI=1S/C64H44N2/c1-2-17-45(18-3-1)46-33-35-48(36-34-46)55-22-6-7-23-56(55)57-24-8-9-25-58(57)59-26-10-13-30-62(59)65(50-39-37-49(38-40-50)54-29-16-20-47-19-4-5-21-53(47)54)51-41-43-52(44-42-51)66-63-31-14-11-27-60(63)61-28-12-15-32-64(61)66/h1-44H. The SMILES string of the molecule is c1ccc(-c2ccc(-c3ccccc3-c3ccccc3-c3ccccc3N(c3ccc(-c4cccc5ccccc45)cc3)c3ccc(-n4c5ccccc5c5ccccc54)cc3)cc2)cc1. The lowest BCUT2D eigenvalue weighted by atomic mass is 9.88. The zero-order chi connectivity index (χ0) is 43.8. The van der Waals surface area contributed by atoms with Crippen LogP contribution in [0.15, 0.2) is 267 Å². The van der Waals surface area contributed by atoms with Crippen LogP contribution in [0.1, 0.15) is 0 Å². The van der Waals surface area contributed by atoms with Crippen molar-refractivity contribution in [3.63, 3.8) is 0 Å². The third-order valence-electron chi connectivity index (χ3n) is 13.1. The highest BCUT2D eigenvalue weighted by atomic mass is 15.1. The van der Waals surface area contributed by atoms with Crippen molar-refractivity contribution in [2.45, 2.75) is 0 Å². The molecule has 12 aromatic rings. The molecule has 0 saturated heterocycles. The Hall–Kier alpha value is -8.72. The number of hydrogen-bond acceptors (Lipinski definition) is 1. The lowest BCUT2D eigenvalue weighted by molar-refractivity contribution is 1.17. The van der Waals surface area contributed by atoms with Gasteiger partial charge in [-0.2, -0.15) is 0 Å². The summed E-state index contributed by atoms with van der Waals surface area (Å²) in [4.78, 5) is 2.42. The van der Waals surface area contributed by atoms with E-state index in [9.17, 15) is 0 Å². The summed E-state index contributed by atoms with van der Waals surface area (Å²) < 4.78 is 2.38. The van der Waals surface area contributed by atoms with Gasteiger partial charge in [0.15, 0.2) is 0 Å². The second-order valence-corrected chi connectivity index (χ2v) is 16.8. The van der Waals surface area contributed by atoms with Crippen LogP contribution >= 0.6 is 0 Å². The van der Waals surface area contributed by atoms with Gasteiger partial charge in [0.1, 0.15) is 0 Å². The molecule has 0 spiro atoms. The minimum Gasteiger partial charge on any atom is -0.310 e. The Labute approximate surface area is 385 Å².